The number of hydrogen-bond acceptors (Lipinski definition) is 3. The van der Waals surface area contributed by atoms with E-state index in [1.807, 2.05) is 12.3 Å². The van der Waals surface area contributed by atoms with Crippen LogP contribution in [-0.4, -0.2) is 34.0 Å². The molecular formula is C12H15NO3S. The first-order chi connectivity index (χ1) is 7.97. The van der Waals surface area contributed by atoms with E-state index in [-0.39, 0.29) is 5.91 Å². The SMILES string of the molecule is Cc1cscc1C(=O)N1CCCC1(C)C(=O)O. The number of aliphatic carboxylic acids is 1. The van der Waals surface area contributed by atoms with Crippen molar-refractivity contribution in [2.75, 3.05) is 6.54 Å². The molecule has 1 fully saturated rings. The molecule has 2 heterocycles. The van der Waals surface area contributed by atoms with Crippen molar-refractivity contribution >= 4 is 23.2 Å². The summed E-state index contributed by atoms with van der Waals surface area (Å²) in [5, 5.41) is 13.0. The Morgan fingerprint density at radius 3 is 2.71 bits per heavy atom. The molecule has 1 aliphatic heterocycles. The molecule has 0 aliphatic carbocycles. The number of thiophene rings is 1. The number of hydrogen-bond donors (Lipinski definition) is 1. The molecule has 5 heteroatoms. The van der Waals surface area contributed by atoms with Gasteiger partial charge in [0.1, 0.15) is 5.54 Å². The smallest absolute Gasteiger partial charge is 0.329 e. The molecule has 1 N–H and O–H groups in total. The summed E-state index contributed by atoms with van der Waals surface area (Å²) in [6.07, 6.45) is 1.27. The van der Waals surface area contributed by atoms with Crippen LogP contribution in [0.2, 0.25) is 0 Å². The Labute approximate surface area is 104 Å². The standard InChI is InChI=1S/C12H15NO3S/c1-8-6-17-7-9(8)10(14)13-5-3-4-12(13,2)11(15)16/h6-7H,3-5H2,1-2H3,(H,15,16). The molecule has 1 unspecified atom stereocenters. The van der Waals surface area contributed by atoms with Gasteiger partial charge in [0.25, 0.3) is 5.91 Å². The van der Waals surface area contributed by atoms with Gasteiger partial charge in [0, 0.05) is 11.9 Å². The fourth-order valence-corrected chi connectivity index (χ4v) is 3.06. The van der Waals surface area contributed by atoms with Gasteiger partial charge in [0.05, 0.1) is 5.56 Å². The van der Waals surface area contributed by atoms with Crippen LogP contribution >= 0.6 is 11.3 Å². The number of carboxylic acids is 1. The van der Waals surface area contributed by atoms with Gasteiger partial charge in [-0.1, -0.05) is 0 Å². The van der Waals surface area contributed by atoms with Crippen LogP contribution < -0.4 is 0 Å². The van der Waals surface area contributed by atoms with Crippen LogP contribution in [0.25, 0.3) is 0 Å². The lowest BCUT2D eigenvalue weighted by Gasteiger charge is -2.31. The second kappa shape index (κ2) is 4.14. The van der Waals surface area contributed by atoms with Crippen LogP contribution in [0.4, 0.5) is 0 Å². The van der Waals surface area contributed by atoms with Crippen molar-refractivity contribution in [1.29, 1.82) is 0 Å². The maximum Gasteiger partial charge on any atom is 0.329 e. The molecule has 1 saturated heterocycles. The lowest BCUT2D eigenvalue weighted by atomic mass is 9.98. The van der Waals surface area contributed by atoms with E-state index >= 15 is 0 Å². The maximum atomic E-state index is 12.3. The normalized spacial score (nSPS) is 24.0. The van der Waals surface area contributed by atoms with Gasteiger partial charge >= 0.3 is 5.97 Å². The fourth-order valence-electron chi connectivity index (χ4n) is 2.24. The molecule has 1 amide bonds. The second-order valence-electron chi connectivity index (χ2n) is 4.61. The molecule has 4 nitrogen and oxygen atoms in total. The number of likely N-dealkylation sites (tertiary alicyclic amines) is 1. The van der Waals surface area contributed by atoms with Gasteiger partial charge in [-0.25, -0.2) is 4.79 Å². The molecule has 1 atom stereocenters. The molecule has 0 radical (unpaired) electrons. The van der Waals surface area contributed by atoms with E-state index in [4.69, 9.17) is 0 Å². The van der Waals surface area contributed by atoms with E-state index in [1.165, 1.54) is 16.2 Å². The van der Waals surface area contributed by atoms with E-state index in [0.29, 0.717) is 18.5 Å². The zero-order chi connectivity index (χ0) is 12.6. The lowest BCUT2D eigenvalue weighted by Crippen LogP contribution is -2.50. The number of rotatable bonds is 2. The summed E-state index contributed by atoms with van der Waals surface area (Å²) in [4.78, 5) is 25.1. The van der Waals surface area contributed by atoms with E-state index < -0.39 is 11.5 Å². The fraction of sp³-hybridized carbons (Fsp3) is 0.500. The first-order valence-electron chi connectivity index (χ1n) is 5.55. The van der Waals surface area contributed by atoms with Gasteiger partial charge in [-0.2, -0.15) is 11.3 Å². The predicted molar refractivity (Wildman–Crippen MR) is 65.4 cm³/mol. The van der Waals surface area contributed by atoms with Crippen molar-refractivity contribution in [3.8, 4) is 0 Å². The van der Waals surface area contributed by atoms with E-state index in [1.54, 1.807) is 12.3 Å². The third-order valence-electron chi connectivity index (χ3n) is 3.43. The molecule has 0 spiro atoms. The molecule has 92 valence electrons. The van der Waals surface area contributed by atoms with Gasteiger partial charge < -0.3 is 10.0 Å². The summed E-state index contributed by atoms with van der Waals surface area (Å²) < 4.78 is 0. The zero-order valence-corrected chi connectivity index (χ0v) is 10.7. The Bertz CT molecular complexity index is 468. The highest BCUT2D eigenvalue weighted by molar-refractivity contribution is 7.08. The van der Waals surface area contributed by atoms with Crippen molar-refractivity contribution < 1.29 is 14.7 Å². The van der Waals surface area contributed by atoms with Gasteiger partial charge in [-0.05, 0) is 37.6 Å². The van der Waals surface area contributed by atoms with Crippen molar-refractivity contribution in [2.24, 2.45) is 0 Å². The predicted octanol–water partition coefficient (Wildman–Crippen LogP) is 2.14. The molecule has 0 saturated carbocycles. The van der Waals surface area contributed by atoms with Crippen molar-refractivity contribution in [3.05, 3.63) is 21.9 Å². The zero-order valence-electron chi connectivity index (χ0n) is 9.90. The summed E-state index contributed by atoms with van der Waals surface area (Å²) in [5.41, 5.74) is 0.495. The van der Waals surface area contributed by atoms with Crippen molar-refractivity contribution in [2.45, 2.75) is 32.2 Å². The van der Waals surface area contributed by atoms with Crippen LogP contribution in [-0.2, 0) is 4.79 Å². The number of carboxylic acid groups (broad SMARTS) is 1. The second-order valence-corrected chi connectivity index (χ2v) is 5.35. The summed E-state index contributed by atoms with van der Waals surface area (Å²) in [5.74, 6) is -1.08. The molecule has 0 bridgehead atoms. The molecule has 1 aliphatic rings. The quantitative estimate of drug-likeness (QED) is 0.878. The summed E-state index contributed by atoms with van der Waals surface area (Å²) >= 11 is 1.47. The Morgan fingerprint density at radius 2 is 2.18 bits per heavy atom. The summed E-state index contributed by atoms with van der Waals surface area (Å²) in [7, 11) is 0. The molecule has 0 aromatic carbocycles. The van der Waals surface area contributed by atoms with Crippen molar-refractivity contribution in [3.63, 3.8) is 0 Å². The topological polar surface area (TPSA) is 57.6 Å². The maximum absolute atomic E-state index is 12.3. The minimum Gasteiger partial charge on any atom is -0.480 e. The molecule has 1 aromatic heterocycles. The Kier molecular flexibility index (Phi) is 2.95. The van der Waals surface area contributed by atoms with Gasteiger partial charge in [-0.15, -0.1) is 0 Å². The number of carbonyl (C=O) groups excluding carboxylic acids is 1. The minimum absolute atomic E-state index is 0.161. The van der Waals surface area contributed by atoms with E-state index in [0.717, 1.165) is 12.0 Å². The summed E-state index contributed by atoms with van der Waals surface area (Å²) in [6.45, 7) is 4.02. The molecule has 2 rings (SSSR count). The Hall–Kier alpha value is -1.36. The van der Waals surface area contributed by atoms with Gasteiger partial charge in [0.15, 0.2) is 0 Å². The highest BCUT2D eigenvalue weighted by atomic mass is 32.1. The Balaban J connectivity index is 2.32. The average Bonchev–Trinajstić information content (AvgIpc) is 2.84. The third kappa shape index (κ3) is 1.84. The lowest BCUT2D eigenvalue weighted by molar-refractivity contribution is -0.147. The largest absolute Gasteiger partial charge is 0.480 e. The van der Waals surface area contributed by atoms with E-state index in [9.17, 15) is 14.7 Å². The van der Waals surface area contributed by atoms with Crippen LogP contribution in [0.1, 0.15) is 35.7 Å². The average molecular weight is 253 g/mol. The number of aryl methyl sites for hydroxylation is 1. The minimum atomic E-state index is -1.05. The van der Waals surface area contributed by atoms with Crippen molar-refractivity contribution in [1.82, 2.24) is 4.90 Å². The van der Waals surface area contributed by atoms with E-state index in [2.05, 4.69) is 0 Å². The van der Waals surface area contributed by atoms with Crippen LogP contribution in [0, 0.1) is 6.92 Å². The Morgan fingerprint density at radius 1 is 1.47 bits per heavy atom. The summed E-state index contributed by atoms with van der Waals surface area (Å²) in [6, 6.07) is 0. The number of amides is 1. The first-order valence-corrected chi connectivity index (χ1v) is 6.49. The number of nitrogens with zero attached hydrogens (tertiary/aromatic N) is 1. The van der Waals surface area contributed by atoms with Crippen LogP contribution in [0.5, 0.6) is 0 Å². The number of carbonyl (C=O) groups is 2. The van der Waals surface area contributed by atoms with Gasteiger partial charge in [0.2, 0.25) is 0 Å². The highest BCUT2D eigenvalue weighted by Crippen LogP contribution is 2.31. The molecule has 17 heavy (non-hydrogen) atoms. The van der Waals surface area contributed by atoms with Gasteiger partial charge in [-0.3, -0.25) is 4.79 Å². The highest BCUT2D eigenvalue weighted by Gasteiger charge is 2.46. The molecule has 1 aromatic rings. The van der Waals surface area contributed by atoms with Crippen LogP contribution in [0.3, 0.4) is 0 Å². The monoisotopic (exact) mass is 253 g/mol. The first kappa shape index (κ1) is 12.1. The van der Waals surface area contributed by atoms with Crippen LogP contribution in [0.15, 0.2) is 10.8 Å². The third-order valence-corrected chi connectivity index (χ3v) is 4.29. The molecular weight excluding hydrogens is 238 g/mol.